The minimum absolute atomic E-state index is 0.0567. The van der Waals surface area contributed by atoms with Crippen LogP contribution in [-0.4, -0.2) is 32.8 Å². The molecule has 0 aliphatic carbocycles. The first kappa shape index (κ1) is 25.2. The highest BCUT2D eigenvalue weighted by atomic mass is 32.2. The summed E-state index contributed by atoms with van der Waals surface area (Å²) in [6.45, 7) is 5.25. The van der Waals surface area contributed by atoms with E-state index in [9.17, 15) is 18.0 Å². The fraction of sp³-hybridized carbons (Fsp3) is 0.280. The minimum atomic E-state index is -3.89. The van der Waals surface area contributed by atoms with E-state index in [1.165, 1.54) is 23.3 Å². The molecule has 0 saturated carbocycles. The lowest BCUT2D eigenvalue weighted by atomic mass is 10.00. The Balaban J connectivity index is 1.86. The molecule has 3 rings (SSSR count). The van der Waals surface area contributed by atoms with Gasteiger partial charge in [0.25, 0.3) is 0 Å². The summed E-state index contributed by atoms with van der Waals surface area (Å²) in [6.07, 6.45) is 1.52. The van der Waals surface area contributed by atoms with Crippen LogP contribution >= 0.6 is 0 Å². The number of carbonyl (C=O) groups excluding carboxylic acids is 2. The summed E-state index contributed by atoms with van der Waals surface area (Å²) in [4.78, 5) is 28.0. The van der Waals surface area contributed by atoms with Crippen molar-refractivity contribution < 1.29 is 22.4 Å². The molecule has 2 aromatic carbocycles. The van der Waals surface area contributed by atoms with E-state index in [-0.39, 0.29) is 23.3 Å². The SMILES string of the molecule is Cc1ccc(N(C(=O)CNS(=O)(=O)c2ccccc2)[C@H](C(=O)NCc2ccco2)C(C)C)cc1. The van der Waals surface area contributed by atoms with Crippen LogP contribution in [0.1, 0.15) is 25.2 Å². The first-order valence-corrected chi connectivity index (χ1v) is 12.4. The van der Waals surface area contributed by atoms with Crippen molar-refractivity contribution >= 4 is 27.5 Å². The van der Waals surface area contributed by atoms with E-state index in [0.717, 1.165) is 5.56 Å². The Morgan fingerprint density at radius 3 is 2.24 bits per heavy atom. The molecule has 8 nitrogen and oxygen atoms in total. The number of nitrogens with zero attached hydrogens (tertiary/aromatic N) is 1. The van der Waals surface area contributed by atoms with Gasteiger partial charge in [-0.15, -0.1) is 0 Å². The second-order valence-electron chi connectivity index (χ2n) is 8.22. The van der Waals surface area contributed by atoms with Gasteiger partial charge in [0, 0.05) is 5.69 Å². The van der Waals surface area contributed by atoms with E-state index in [4.69, 9.17) is 4.42 Å². The zero-order valence-electron chi connectivity index (χ0n) is 19.4. The molecule has 0 radical (unpaired) electrons. The highest BCUT2D eigenvalue weighted by Gasteiger charge is 2.34. The van der Waals surface area contributed by atoms with Crippen LogP contribution in [0.15, 0.2) is 82.3 Å². The molecule has 0 saturated heterocycles. The van der Waals surface area contributed by atoms with Crippen LogP contribution in [0.5, 0.6) is 0 Å². The highest BCUT2D eigenvalue weighted by molar-refractivity contribution is 7.89. The van der Waals surface area contributed by atoms with E-state index < -0.39 is 28.5 Å². The standard InChI is InChI=1S/C25H29N3O5S/c1-18(2)24(25(30)26-16-21-8-7-15-33-21)28(20-13-11-19(3)12-14-20)23(29)17-27-34(31,32)22-9-5-4-6-10-22/h4-15,18,24,27H,16-17H2,1-3H3,(H,26,30)/t24-/m0/s1. The molecule has 0 unspecified atom stereocenters. The number of carbonyl (C=O) groups is 2. The van der Waals surface area contributed by atoms with E-state index in [1.807, 2.05) is 32.9 Å². The molecule has 0 aliphatic rings. The van der Waals surface area contributed by atoms with Gasteiger partial charge in [-0.1, -0.05) is 49.7 Å². The first-order chi connectivity index (χ1) is 16.2. The molecule has 0 fully saturated rings. The van der Waals surface area contributed by atoms with Crippen LogP contribution in [0, 0.1) is 12.8 Å². The van der Waals surface area contributed by atoms with Crippen LogP contribution in [-0.2, 0) is 26.2 Å². The van der Waals surface area contributed by atoms with Gasteiger partial charge in [0.1, 0.15) is 11.8 Å². The maximum atomic E-state index is 13.4. The lowest BCUT2D eigenvalue weighted by Crippen LogP contribution is -2.54. The van der Waals surface area contributed by atoms with Crippen molar-refractivity contribution in [2.75, 3.05) is 11.4 Å². The Labute approximate surface area is 200 Å². The monoisotopic (exact) mass is 483 g/mol. The number of sulfonamides is 1. The fourth-order valence-corrected chi connectivity index (χ4v) is 4.50. The predicted molar refractivity (Wildman–Crippen MR) is 129 cm³/mol. The molecule has 2 N–H and O–H groups in total. The van der Waals surface area contributed by atoms with Gasteiger partial charge < -0.3 is 9.73 Å². The van der Waals surface area contributed by atoms with E-state index >= 15 is 0 Å². The van der Waals surface area contributed by atoms with E-state index in [0.29, 0.717) is 11.4 Å². The van der Waals surface area contributed by atoms with Gasteiger partial charge >= 0.3 is 0 Å². The lowest BCUT2D eigenvalue weighted by molar-refractivity contribution is -0.127. The number of amides is 2. The van der Waals surface area contributed by atoms with Crippen molar-refractivity contribution in [3.8, 4) is 0 Å². The normalized spacial score (nSPS) is 12.4. The Bertz CT molecular complexity index is 1190. The molecule has 2 amide bonds. The van der Waals surface area contributed by atoms with Crippen molar-refractivity contribution in [1.82, 2.24) is 10.0 Å². The molecule has 9 heteroatoms. The molecule has 0 bridgehead atoms. The minimum Gasteiger partial charge on any atom is -0.467 e. The second kappa shape index (κ2) is 11.1. The second-order valence-corrected chi connectivity index (χ2v) is 9.99. The zero-order chi connectivity index (χ0) is 24.7. The summed E-state index contributed by atoms with van der Waals surface area (Å²) in [5.41, 5.74) is 1.49. The van der Waals surface area contributed by atoms with Gasteiger partial charge in [0.2, 0.25) is 21.8 Å². The summed E-state index contributed by atoms with van der Waals surface area (Å²) in [5.74, 6) is -0.589. The molecular formula is C25H29N3O5S. The summed E-state index contributed by atoms with van der Waals surface area (Å²) in [5, 5.41) is 2.82. The van der Waals surface area contributed by atoms with Gasteiger partial charge in [0.05, 0.1) is 24.2 Å². The summed E-state index contributed by atoms with van der Waals surface area (Å²) in [7, 11) is -3.89. The van der Waals surface area contributed by atoms with Crippen molar-refractivity contribution in [1.29, 1.82) is 0 Å². The van der Waals surface area contributed by atoms with Gasteiger partial charge in [-0.25, -0.2) is 13.1 Å². The highest BCUT2D eigenvalue weighted by Crippen LogP contribution is 2.23. The molecule has 1 atom stereocenters. The molecule has 0 spiro atoms. The van der Waals surface area contributed by atoms with Crippen LogP contribution in [0.4, 0.5) is 5.69 Å². The van der Waals surface area contributed by atoms with Gasteiger partial charge in [0.15, 0.2) is 0 Å². The summed E-state index contributed by atoms with van der Waals surface area (Å²) >= 11 is 0. The Morgan fingerprint density at radius 1 is 0.971 bits per heavy atom. The van der Waals surface area contributed by atoms with Crippen molar-refractivity contribution in [3.63, 3.8) is 0 Å². The van der Waals surface area contributed by atoms with Crippen molar-refractivity contribution in [2.45, 2.75) is 38.3 Å². The largest absolute Gasteiger partial charge is 0.467 e. The molecule has 3 aromatic rings. The third kappa shape index (κ3) is 6.33. The molecule has 0 aliphatic heterocycles. The third-order valence-electron chi connectivity index (χ3n) is 5.24. The lowest BCUT2D eigenvalue weighted by Gasteiger charge is -2.33. The predicted octanol–water partition coefficient (Wildman–Crippen LogP) is 3.24. The van der Waals surface area contributed by atoms with E-state index in [2.05, 4.69) is 10.0 Å². The van der Waals surface area contributed by atoms with Gasteiger partial charge in [-0.2, -0.15) is 0 Å². The number of benzene rings is 2. The molecular weight excluding hydrogens is 454 g/mol. The van der Waals surface area contributed by atoms with Gasteiger partial charge in [-0.3, -0.25) is 14.5 Å². The average molecular weight is 484 g/mol. The third-order valence-corrected chi connectivity index (χ3v) is 6.66. The number of anilines is 1. The van der Waals surface area contributed by atoms with Crippen LogP contribution in [0.3, 0.4) is 0 Å². The fourth-order valence-electron chi connectivity index (χ4n) is 3.50. The number of rotatable bonds is 10. The topological polar surface area (TPSA) is 109 Å². The molecule has 1 heterocycles. The van der Waals surface area contributed by atoms with Crippen LogP contribution in [0.2, 0.25) is 0 Å². The maximum Gasteiger partial charge on any atom is 0.243 e. The average Bonchev–Trinajstić information content (AvgIpc) is 3.34. The number of nitrogens with one attached hydrogen (secondary N) is 2. The first-order valence-electron chi connectivity index (χ1n) is 10.9. The molecule has 180 valence electrons. The summed E-state index contributed by atoms with van der Waals surface area (Å²) < 4.78 is 32.9. The number of hydrogen-bond acceptors (Lipinski definition) is 5. The Hall–Kier alpha value is -3.43. The molecule has 1 aromatic heterocycles. The van der Waals surface area contributed by atoms with Crippen molar-refractivity contribution in [2.24, 2.45) is 5.92 Å². The Morgan fingerprint density at radius 2 is 1.65 bits per heavy atom. The Kier molecular flexibility index (Phi) is 8.25. The maximum absolute atomic E-state index is 13.4. The van der Waals surface area contributed by atoms with Crippen LogP contribution < -0.4 is 14.9 Å². The quantitative estimate of drug-likeness (QED) is 0.460. The van der Waals surface area contributed by atoms with E-state index in [1.54, 1.807) is 42.5 Å². The van der Waals surface area contributed by atoms with Gasteiger partial charge in [-0.05, 0) is 49.2 Å². The smallest absolute Gasteiger partial charge is 0.243 e. The molecule has 34 heavy (non-hydrogen) atoms. The number of furan rings is 1. The summed E-state index contributed by atoms with van der Waals surface area (Å²) in [6, 6.07) is 17.6. The van der Waals surface area contributed by atoms with Crippen LogP contribution in [0.25, 0.3) is 0 Å². The number of aryl methyl sites for hydroxylation is 1. The van der Waals surface area contributed by atoms with Crippen molar-refractivity contribution in [3.05, 3.63) is 84.3 Å². The number of hydrogen-bond donors (Lipinski definition) is 2. The zero-order valence-corrected chi connectivity index (χ0v) is 20.2.